The maximum Gasteiger partial charge on any atom is 0.303 e. The van der Waals surface area contributed by atoms with Crippen molar-refractivity contribution in [3.05, 3.63) is 71.8 Å². The van der Waals surface area contributed by atoms with Crippen molar-refractivity contribution in [1.29, 1.82) is 0 Å². The molecule has 5 nitrogen and oxygen atoms in total. The minimum absolute atomic E-state index is 0.205. The lowest BCUT2D eigenvalue weighted by atomic mass is 9.79. The van der Waals surface area contributed by atoms with E-state index in [0.29, 0.717) is 0 Å². The first-order chi connectivity index (χ1) is 15.0. The molecule has 0 N–H and O–H groups in total. The van der Waals surface area contributed by atoms with Gasteiger partial charge in [0.2, 0.25) is 0 Å². The number of hydrogen-bond acceptors (Lipinski definition) is 5. The highest BCUT2D eigenvalue weighted by Crippen LogP contribution is 2.57. The van der Waals surface area contributed by atoms with E-state index in [1.54, 1.807) is 0 Å². The van der Waals surface area contributed by atoms with E-state index in [1.807, 2.05) is 30.3 Å². The third-order valence-corrected chi connectivity index (χ3v) is 6.31. The summed E-state index contributed by atoms with van der Waals surface area (Å²) in [7, 11) is 0. The standard InChI is InChI=1S/C26H20O5/c1-13(27)29-23-21-18-10-6-5-9-17(18)19-12-11-15-7-3-4-8-16(15)20(19)22(21)24-26(31-24)25(23)30-14(2)28/h3-12,23-26H,1-2H3/t23-,24-,25+,26-/m0/s1. The summed E-state index contributed by atoms with van der Waals surface area (Å²) in [4.78, 5) is 23.9. The van der Waals surface area contributed by atoms with Gasteiger partial charge in [0.15, 0.2) is 12.2 Å². The van der Waals surface area contributed by atoms with Crippen molar-refractivity contribution in [2.75, 3.05) is 0 Å². The van der Waals surface area contributed by atoms with E-state index in [-0.39, 0.29) is 12.2 Å². The summed E-state index contributed by atoms with van der Waals surface area (Å²) in [5.41, 5.74) is 1.91. The third-order valence-electron chi connectivity index (χ3n) is 6.31. The molecular formula is C26H20O5. The van der Waals surface area contributed by atoms with Gasteiger partial charge in [-0.05, 0) is 37.9 Å². The van der Waals surface area contributed by atoms with Gasteiger partial charge in [-0.25, -0.2) is 0 Å². The number of fused-ring (bicyclic) bond motifs is 10. The predicted molar refractivity (Wildman–Crippen MR) is 117 cm³/mol. The second kappa shape index (κ2) is 6.53. The molecule has 6 rings (SSSR count). The average Bonchev–Trinajstić information content (AvgIpc) is 3.55. The Labute approximate surface area is 178 Å². The fraction of sp³-hybridized carbons (Fsp3) is 0.231. The first-order valence-electron chi connectivity index (χ1n) is 10.4. The lowest BCUT2D eigenvalue weighted by Gasteiger charge is -2.32. The van der Waals surface area contributed by atoms with Crippen LogP contribution in [-0.4, -0.2) is 24.1 Å². The van der Waals surface area contributed by atoms with E-state index in [0.717, 1.165) is 43.4 Å². The molecule has 1 fully saturated rings. The fourth-order valence-electron chi connectivity index (χ4n) is 5.19. The van der Waals surface area contributed by atoms with Crippen LogP contribution in [0.2, 0.25) is 0 Å². The zero-order chi connectivity index (χ0) is 21.3. The molecule has 4 aromatic carbocycles. The van der Waals surface area contributed by atoms with Gasteiger partial charge < -0.3 is 14.2 Å². The van der Waals surface area contributed by atoms with Crippen molar-refractivity contribution in [2.24, 2.45) is 0 Å². The van der Waals surface area contributed by atoms with E-state index in [9.17, 15) is 9.59 Å². The summed E-state index contributed by atoms with van der Waals surface area (Å²) in [5, 5.41) is 6.56. The van der Waals surface area contributed by atoms with E-state index >= 15 is 0 Å². The van der Waals surface area contributed by atoms with Gasteiger partial charge in [-0.2, -0.15) is 0 Å². The number of carbonyl (C=O) groups is 2. The van der Waals surface area contributed by atoms with Crippen LogP contribution in [0.4, 0.5) is 0 Å². The van der Waals surface area contributed by atoms with Crippen LogP contribution >= 0.6 is 0 Å². The van der Waals surface area contributed by atoms with Crippen molar-refractivity contribution in [2.45, 2.75) is 38.3 Å². The zero-order valence-electron chi connectivity index (χ0n) is 17.1. The molecule has 31 heavy (non-hydrogen) atoms. The first kappa shape index (κ1) is 18.3. The second-order valence-corrected chi connectivity index (χ2v) is 8.21. The third kappa shape index (κ3) is 2.66. The van der Waals surface area contributed by atoms with Crippen molar-refractivity contribution in [3.8, 4) is 0 Å². The molecule has 5 heteroatoms. The van der Waals surface area contributed by atoms with Gasteiger partial charge in [0.25, 0.3) is 0 Å². The van der Waals surface area contributed by atoms with Crippen LogP contribution in [0.5, 0.6) is 0 Å². The molecule has 2 aliphatic rings. The monoisotopic (exact) mass is 412 g/mol. The minimum Gasteiger partial charge on any atom is -0.455 e. The Bertz CT molecular complexity index is 1410. The van der Waals surface area contributed by atoms with E-state index in [2.05, 4.69) is 30.3 Å². The van der Waals surface area contributed by atoms with Gasteiger partial charge in [-0.1, -0.05) is 60.7 Å². The number of esters is 2. The minimum atomic E-state index is -0.728. The molecule has 4 aromatic rings. The first-order valence-corrected chi connectivity index (χ1v) is 10.4. The summed E-state index contributed by atoms with van der Waals surface area (Å²) in [6.45, 7) is 2.74. The van der Waals surface area contributed by atoms with Crippen LogP contribution in [0.25, 0.3) is 32.3 Å². The molecule has 0 saturated carbocycles. The molecule has 0 aromatic heterocycles. The molecule has 0 radical (unpaired) electrons. The summed E-state index contributed by atoms with van der Waals surface area (Å²) in [5.74, 6) is -0.843. The van der Waals surface area contributed by atoms with E-state index in [4.69, 9.17) is 14.2 Å². The molecule has 4 atom stereocenters. The number of benzene rings is 4. The van der Waals surface area contributed by atoms with Gasteiger partial charge in [0.05, 0.1) is 0 Å². The van der Waals surface area contributed by atoms with Crippen LogP contribution in [0, 0.1) is 0 Å². The van der Waals surface area contributed by atoms with Crippen LogP contribution in [0.15, 0.2) is 60.7 Å². The van der Waals surface area contributed by atoms with Gasteiger partial charge >= 0.3 is 11.9 Å². The number of rotatable bonds is 2. The van der Waals surface area contributed by atoms with Crippen molar-refractivity contribution < 1.29 is 23.8 Å². The van der Waals surface area contributed by atoms with E-state index in [1.165, 1.54) is 13.8 Å². The van der Waals surface area contributed by atoms with Gasteiger partial charge in [-0.3, -0.25) is 9.59 Å². The molecule has 0 spiro atoms. The molecular weight excluding hydrogens is 392 g/mol. The molecule has 1 aliphatic heterocycles. The van der Waals surface area contributed by atoms with Crippen molar-refractivity contribution in [1.82, 2.24) is 0 Å². The highest BCUT2D eigenvalue weighted by atomic mass is 16.6. The maximum atomic E-state index is 12.1. The summed E-state index contributed by atoms with van der Waals surface area (Å²) >= 11 is 0. The number of epoxide rings is 1. The highest BCUT2D eigenvalue weighted by molar-refractivity contribution is 6.20. The van der Waals surface area contributed by atoms with Crippen molar-refractivity contribution >= 4 is 44.3 Å². The van der Waals surface area contributed by atoms with Crippen LogP contribution in [0.1, 0.15) is 37.2 Å². The largest absolute Gasteiger partial charge is 0.455 e. The molecule has 1 aliphatic carbocycles. The van der Waals surface area contributed by atoms with Gasteiger partial charge in [-0.15, -0.1) is 0 Å². The average molecular weight is 412 g/mol. The summed E-state index contributed by atoms with van der Waals surface area (Å²) < 4.78 is 17.5. The number of hydrogen-bond donors (Lipinski definition) is 0. The van der Waals surface area contributed by atoms with Gasteiger partial charge in [0, 0.05) is 19.4 Å². The van der Waals surface area contributed by atoms with Gasteiger partial charge in [0.1, 0.15) is 12.2 Å². The maximum absolute atomic E-state index is 12.1. The Hall–Kier alpha value is -3.44. The van der Waals surface area contributed by atoms with Crippen LogP contribution in [0.3, 0.4) is 0 Å². The SMILES string of the molecule is CC(=O)O[C@H]1[C@H]2O[C@H]2c2c(c3ccccc3c3ccc4ccccc4c23)[C@@H]1OC(C)=O. The topological polar surface area (TPSA) is 65.1 Å². The molecule has 0 amide bonds. The zero-order valence-corrected chi connectivity index (χ0v) is 17.1. The number of ether oxygens (including phenoxy) is 3. The molecule has 0 bridgehead atoms. The molecule has 1 saturated heterocycles. The second-order valence-electron chi connectivity index (χ2n) is 8.21. The molecule has 0 unspecified atom stereocenters. The Morgan fingerprint density at radius 2 is 1.42 bits per heavy atom. The Kier molecular flexibility index (Phi) is 3.86. The van der Waals surface area contributed by atoms with Crippen LogP contribution in [-0.2, 0) is 23.8 Å². The Morgan fingerprint density at radius 1 is 0.742 bits per heavy atom. The van der Waals surface area contributed by atoms with E-state index < -0.39 is 24.1 Å². The fourth-order valence-corrected chi connectivity index (χ4v) is 5.19. The summed E-state index contributed by atoms with van der Waals surface area (Å²) in [6.07, 6.45) is -1.93. The normalized spacial score (nSPS) is 23.9. The smallest absolute Gasteiger partial charge is 0.303 e. The molecule has 1 heterocycles. The lowest BCUT2D eigenvalue weighted by Crippen LogP contribution is -2.36. The predicted octanol–water partition coefficient (Wildman–Crippen LogP) is 5.14. The Balaban J connectivity index is 1.77. The van der Waals surface area contributed by atoms with Crippen molar-refractivity contribution in [3.63, 3.8) is 0 Å². The highest BCUT2D eigenvalue weighted by Gasteiger charge is 2.58. The lowest BCUT2D eigenvalue weighted by molar-refractivity contribution is -0.168. The number of carbonyl (C=O) groups excluding carboxylic acids is 2. The quantitative estimate of drug-likeness (QED) is 0.259. The Morgan fingerprint density at radius 3 is 2.16 bits per heavy atom. The summed E-state index contributed by atoms with van der Waals surface area (Å²) in [6, 6.07) is 20.6. The van der Waals surface area contributed by atoms with Crippen LogP contribution < -0.4 is 0 Å². The molecule has 154 valence electrons.